The van der Waals surface area contributed by atoms with E-state index in [-0.39, 0.29) is 23.4 Å². The van der Waals surface area contributed by atoms with Crippen LogP contribution in [0.4, 0.5) is 0 Å². The summed E-state index contributed by atoms with van der Waals surface area (Å²) in [6.07, 6.45) is 7.32. The molecule has 1 unspecified atom stereocenters. The number of carbonyl (C=O) groups is 4. The Morgan fingerprint density at radius 3 is 2.11 bits per heavy atom. The molecule has 4 rings (SSSR count). The molecule has 9 heteroatoms. The first-order valence-electron chi connectivity index (χ1n) is 11.7. The first kappa shape index (κ1) is 31.8. The van der Waals surface area contributed by atoms with Crippen LogP contribution in [0.1, 0.15) is 61.6 Å². The topological polar surface area (TPSA) is 124 Å². The van der Waals surface area contributed by atoms with Crippen LogP contribution in [0.5, 0.6) is 0 Å². The number of nitrogens with one attached hydrogen (secondary N) is 3. The van der Waals surface area contributed by atoms with Gasteiger partial charge in [-0.05, 0) is 46.8 Å². The van der Waals surface area contributed by atoms with Crippen LogP contribution in [0, 0.1) is 6.92 Å². The van der Waals surface area contributed by atoms with Gasteiger partial charge in [0.05, 0.1) is 18.0 Å². The molecule has 1 spiro atoms. The van der Waals surface area contributed by atoms with Crippen molar-refractivity contribution in [2.45, 2.75) is 65.1 Å². The summed E-state index contributed by atoms with van der Waals surface area (Å²) >= 11 is 0. The molecule has 2 aliphatic rings. The van der Waals surface area contributed by atoms with Gasteiger partial charge in [0.25, 0.3) is 0 Å². The molecule has 2 aliphatic heterocycles. The number of amides is 1. The average Bonchev–Trinajstić information content (AvgIpc) is 3.46. The number of hydrogen-bond donors (Lipinski definition) is 3. The average molecular weight is 488 g/mol. The van der Waals surface area contributed by atoms with Gasteiger partial charge in [0.15, 0.2) is 5.78 Å². The first-order chi connectivity index (χ1) is 16.8. The summed E-state index contributed by atoms with van der Waals surface area (Å²) in [5.41, 5.74) is 2.83. The van der Waals surface area contributed by atoms with Crippen molar-refractivity contribution >= 4 is 25.3 Å². The van der Waals surface area contributed by atoms with Crippen LogP contribution in [0.3, 0.4) is 0 Å². The van der Waals surface area contributed by atoms with Crippen LogP contribution >= 0.6 is 0 Å². The lowest BCUT2D eigenvalue weighted by molar-refractivity contribution is -0.121. The van der Waals surface area contributed by atoms with Crippen LogP contribution in [-0.4, -0.2) is 72.0 Å². The Morgan fingerprint density at radius 1 is 1.11 bits per heavy atom. The summed E-state index contributed by atoms with van der Waals surface area (Å²) in [5, 5.41) is 6.53. The van der Waals surface area contributed by atoms with Crippen molar-refractivity contribution in [1.82, 2.24) is 25.5 Å². The third-order valence-corrected chi connectivity index (χ3v) is 5.66. The van der Waals surface area contributed by atoms with E-state index in [1.165, 1.54) is 12.0 Å². The highest BCUT2D eigenvalue weighted by Gasteiger charge is 2.48. The van der Waals surface area contributed by atoms with Gasteiger partial charge in [0, 0.05) is 23.9 Å². The Labute approximate surface area is 209 Å². The van der Waals surface area contributed by atoms with E-state index in [1.807, 2.05) is 51.8 Å². The lowest BCUT2D eigenvalue weighted by Crippen LogP contribution is -2.57. The zero-order valence-electron chi connectivity index (χ0n) is 21.7. The number of carbonyl (C=O) groups excluding carboxylic acids is 4. The molecule has 1 aromatic carbocycles. The summed E-state index contributed by atoms with van der Waals surface area (Å²) < 4.78 is 0. The number of piperidine rings is 1. The fourth-order valence-electron chi connectivity index (χ4n) is 3.82. The van der Waals surface area contributed by atoms with Gasteiger partial charge in [-0.1, -0.05) is 50.1 Å². The maximum absolute atomic E-state index is 12.2. The van der Waals surface area contributed by atoms with Crippen LogP contribution in [-0.2, 0) is 20.8 Å². The van der Waals surface area contributed by atoms with Crippen LogP contribution < -0.4 is 10.6 Å². The van der Waals surface area contributed by atoms with Crippen molar-refractivity contribution in [3.63, 3.8) is 0 Å². The highest BCUT2D eigenvalue weighted by Crippen LogP contribution is 2.30. The molecule has 1 amide bonds. The molecule has 0 bridgehead atoms. The maximum atomic E-state index is 12.2. The zero-order chi connectivity index (χ0) is 26.9. The molecule has 1 aromatic heterocycles. The van der Waals surface area contributed by atoms with E-state index >= 15 is 0 Å². The van der Waals surface area contributed by atoms with Gasteiger partial charge in [-0.2, -0.15) is 0 Å². The summed E-state index contributed by atoms with van der Waals surface area (Å²) in [5.74, 6) is 0.258. The van der Waals surface area contributed by atoms with Gasteiger partial charge in [0.1, 0.15) is 13.6 Å². The molecule has 194 valence electrons. The fourth-order valence-corrected chi connectivity index (χ4v) is 3.82. The van der Waals surface area contributed by atoms with Crippen molar-refractivity contribution in [2.24, 2.45) is 0 Å². The molecule has 1 atom stereocenters. The van der Waals surface area contributed by atoms with Crippen molar-refractivity contribution < 1.29 is 19.2 Å². The molecule has 0 radical (unpaired) electrons. The summed E-state index contributed by atoms with van der Waals surface area (Å²) in [6.45, 7) is 13.7. The Kier molecular flexibility index (Phi) is 15.7. The van der Waals surface area contributed by atoms with Gasteiger partial charge in [-0.3, -0.25) is 14.5 Å². The second-order valence-corrected chi connectivity index (χ2v) is 8.31. The molecule has 3 N–H and O–H groups in total. The summed E-state index contributed by atoms with van der Waals surface area (Å²) in [7, 11) is 2.05. The summed E-state index contributed by atoms with van der Waals surface area (Å²) in [6, 6.07) is 7.48. The van der Waals surface area contributed by atoms with Gasteiger partial charge in [-0.25, -0.2) is 4.98 Å². The SMILES string of the molecule is C=O.C=O.CC(=O)c1ccc(C)cc1.CCC.CN1C(Cc2cnc[nH]2)C(=O)NC12CCNCC2. The quantitative estimate of drug-likeness (QED) is 0.569. The molecule has 3 heterocycles. The van der Waals surface area contributed by atoms with E-state index in [2.05, 4.69) is 39.3 Å². The second kappa shape index (κ2) is 17.3. The number of imidazole rings is 1. The molecule has 9 nitrogen and oxygen atoms in total. The number of benzene rings is 1. The Balaban J connectivity index is 0.000000578. The van der Waals surface area contributed by atoms with Crippen molar-refractivity contribution in [3.05, 3.63) is 53.6 Å². The van der Waals surface area contributed by atoms with Gasteiger partial charge in [0.2, 0.25) is 5.91 Å². The van der Waals surface area contributed by atoms with Crippen LogP contribution in [0.2, 0.25) is 0 Å². The standard InChI is InChI=1S/C12H19N5O.C9H10O.C3H8.2CH2O/c1-17-10(6-9-7-14-8-15-9)11(18)16-12(17)2-4-13-5-3-12;1-7-3-5-9(6-4-7)8(2)10;1-3-2;2*1-2/h7-8,10,13H,2-6H2,1H3,(H,14,15)(H,16,18);3-6H,1-2H3;3H2,1-2H3;2*1H2. The molecule has 35 heavy (non-hydrogen) atoms. The number of aryl methyl sites for hydroxylation is 1. The highest BCUT2D eigenvalue weighted by atomic mass is 16.2. The van der Waals surface area contributed by atoms with Gasteiger partial charge < -0.3 is 25.2 Å². The van der Waals surface area contributed by atoms with Crippen molar-refractivity contribution in [1.29, 1.82) is 0 Å². The fraction of sp³-hybridized carbons (Fsp3) is 0.500. The number of aromatic amines is 1. The predicted octanol–water partition coefficient (Wildman–Crippen LogP) is 2.71. The number of Topliss-reactive ketones (excluding diaryl/α,β-unsaturated/α-hetero) is 1. The first-order valence-corrected chi connectivity index (χ1v) is 11.7. The van der Waals surface area contributed by atoms with Crippen molar-refractivity contribution in [2.75, 3.05) is 20.1 Å². The van der Waals surface area contributed by atoms with E-state index in [1.54, 1.807) is 19.4 Å². The third kappa shape index (κ3) is 9.92. The number of ketones is 1. The Hall–Kier alpha value is -3.17. The normalized spacial score (nSPS) is 17.6. The smallest absolute Gasteiger partial charge is 0.239 e. The Bertz CT molecular complexity index is 847. The molecular formula is C26H41N5O4. The summed E-state index contributed by atoms with van der Waals surface area (Å²) in [4.78, 5) is 48.2. The number of rotatable bonds is 3. The minimum absolute atomic E-state index is 0.0939. The predicted molar refractivity (Wildman–Crippen MR) is 138 cm³/mol. The third-order valence-electron chi connectivity index (χ3n) is 5.66. The minimum Gasteiger partial charge on any atom is -0.348 e. The number of likely N-dealkylation sites (N-methyl/N-ethyl adjacent to an activating group) is 1. The van der Waals surface area contributed by atoms with Crippen LogP contribution in [0.25, 0.3) is 0 Å². The van der Waals surface area contributed by atoms with E-state index in [0.717, 1.165) is 37.2 Å². The lowest BCUT2D eigenvalue weighted by atomic mass is 9.97. The molecule has 0 aliphatic carbocycles. The van der Waals surface area contributed by atoms with E-state index in [0.29, 0.717) is 6.42 Å². The number of aromatic nitrogens is 2. The monoisotopic (exact) mass is 487 g/mol. The second-order valence-electron chi connectivity index (χ2n) is 8.31. The molecule has 2 aromatic rings. The number of nitrogens with zero attached hydrogens (tertiary/aromatic N) is 2. The molecule has 2 saturated heterocycles. The molecule has 2 fully saturated rings. The zero-order valence-corrected chi connectivity index (χ0v) is 21.7. The van der Waals surface area contributed by atoms with Crippen molar-refractivity contribution in [3.8, 4) is 0 Å². The van der Waals surface area contributed by atoms with E-state index in [9.17, 15) is 9.59 Å². The lowest BCUT2D eigenvalue weighted by Gasteiger charge is -2.40. The highest BCUT2D eigenvalue weighted by molar-refractivity contribution is 5.94. The van der Waals surface area contributed by atoms with E-state index < -0.39 is 0 Å². The van der Waals surface area contributed by atoms with Gasteiger partial charge >= 0.3 is 0 Å². The van der Waals surface area contributed by atoms with Crippen LogP contribution in [0.15, 0.2) is 36.8 Å². The van der Waals surface area contributed by atoms with Gasteiger partial charge in [-0.15, -0.1) is 0 Å². The Morgan fingerprint density at radius 2 is 1.66 bits per heavy atom. The minimum atomic E-state index is -0.146. The maximum Gasteiger partial charge on any atom is 0.239 e. The largest absolute Gasteiger partial charge is 0.348 e. The molecular weight excluding hydrogens is 446 g/mol. The number of hydrogen-bond acceptors (Lipinski definition) is 7. The van der Waals surface area contributed by atoms with E-state index in [4.69, 9.17) is 9.59 Å². The molecule has 0 saturated carbocycles. The number of H-pyrrole nitrogens is 1.